The zero-order valence-electron chi connectivity index (χ0n) is 10.9. The second kappa shape index (κ2) is 4.30. The highest BCUT2D eigenvalue weighted by atomic mass is 32.2. The lowest BCUT2D eigenvalue weighted by Gasteiger charge is -2.20. The number of anilines is 1. The number of nitrogen functional groups attached to an aromatic ring is 1. The van der Waals surface area contributed by atoms with Crippen molar-refractivity contribution in [3.8, 4) is 0 Å². The third kappa shape index (κ3) is 3.19. The molecule has 1 heterocycles. The van der Waals surface area contributed by atoms with E-state index in [9.17, 15) is 8.42 Å². The Morgan fingerprint density at radius 2 is 1.94 bits per heavy atom. The highest BCUT2D eigenvalue weighted by Crippen LogP contribution is 2.22. The summed E-state index contributed by atoms with van der Waals surface area (Å²) in [5.74, 6) is 0.164. The summed E-state index contributed by atoms with van der Waals surface area (Å²) in [5, 5.41) is 3.98. The van der Waals surface area contributed by atoms with Crippen LogP contribution in [0.15, 0.2) is 11.1 Å². The second-order valence-corrected chi connectivity index (χ2v) is 6.94. The Hall–Kier alpha value is -1.08. The van der Waals surface area contributed by atoms with Crippen molar-refractivity contribution in [1.29, 1.82) is 0 Å². The Morgan fingerprint density at radius 3 is 2.29 bits per heavy atom. The first-order chi connectivity index (χ1) is 7.54. The van der Waals surface area contributed by atoms with E-state index in [1.807, 2.05) is 13.8 Å². The van der Waals surface area contributed by atoms with E-state index < -0.39 is 15.6 Å². The molecule has 0 aliphatic carbocycles. The third-order valence-corrected chi connectivity index (χ3v) is 3.79. The van der Waals surface area contributed by atoms with Crippen molar-refractivity contribution in [1.82, 2.24) is 14.5 Å². The van der Waals surface area contributed by atoms with Gasteiger partial charge in [0.25, 0.3) is 0 Å². The van der Waals surface area contributed by atoms with Crippen molar-refractivity contribution in [3.05, 3.63) is 6.20 Å². The molecule has 17 heavy (non-hydrogen) atoms. The SMILES string of the molecule is CC(C)n1ncc(S(=O)(=O)NC(C)(C)C)c1N. The Morgan fingerprint density at radius 1 is 1.41 bits per heavy atom. The Labute approximate surface area is 102 Å². The first-order valence-corrected chi connectivity index (χ1v) is 6.90. The van der Waals surface area contributed by atoms with Gasteiger partial charge in [0.05, 0.1) is 6.20 Å². The second-order valence-electron chi connectivity index (χ2n) is 5.29. The van der Waals surface area contributed by atoms with E-state index in [0.717, 1.165) is 0 Å². The summed E-state index contributed by atoms with van der Waals surface area (Å²) >= 11 is 0. The monoisotopic (exact) mass is 260 g/mol. The lowest BCUT2D eigenvalue weighted by molar-refractivity contribution is 0.491. The van der Waals surface area contributed by atoms with Crippen molar-refractivity contribution < 1.29 is 8.42 Å². The molecular weight excluding hydrogens is 240 g/mol. The number of nitrogens with one attached hydrogen (secondary N) is 1. The summed E-state index contributed by atoms with van der Waals surface area (Å²) in [6.45, 7) is 9.09. The zero-order chi connectivity index (χ0) is 13.4. The number of sulfonamides is 1. The lowest BCUT2D eigenvalue weighted by atomic mass is 10.1. The normalized spacial score (nSPS) is 13.3. The molecule has 6 nitrogen and oxygen atoms in total. The van der Waals surface area contributed by atoms with E-state index in [2.05, 4.69) is 9.82 Å². The van der Waals surface area contributed by atoms with Gasteiger partial charge in [0.15, 0.2) is 0 Å². The Bertz CT molecular complexity index is 497. The standard InChI is InChI=1S/C10H20N4O2S/c1-7(2)14-9(11)8(6-12-14)17(15,16)13-10(3,4)5/h6-7,13H,11H2,1-5H3. The van der Waals surface area contributed by atoms with E-state index in [0.29, 0.717) is 0 Å². The van der Waals surface area contributed by atoms with E-state index in [1.54, 1.807) is 20.8 Å². The molecule has 0 unspecified atom stereocenters. The zero-order valence-corrected chi connectivity index (χ0v) is 11.7. The molecule has 0 aliphatic rings. The van der Waals surface area contributed by atoms with E-state index in [1.165, 1.54) is 10.9 Å². The van der Waals surface area contributed by atoms with Crippen molar-refractivity contribution in [2.24, 2.45) is 0 Å². The van der Waals surface area contributed by atoms with Crippen LogP contribution in [-0.4, -0.2) is 23.7 Å². The van der Waals surface area contributed by atoms with Gasteiger partial charge in [-0.1, -0.05) is 0 Å². The maximum atomic E-state index is 12.1. The van der Waals surface area contributed by atoms with Gasteiger partial charge in [-0.3, -0.25) is 0 Å². The molecule has 0 saturated carbocycles. The van der Waals surface area contributed by atoms with Crippen LogP contribution in [0.5, 0.6) is 0 Å². The van der Waals surface area contributed by atoms with Crippen LogP contribution in [0.3, 0.4) is 0 Å². The molecule has 0 saturated heterocycles. The van der Waals surface area contributed by atoms with E-state index in [4.69, 9.17) is 5.73 Å². The number of aromatic nitrogens is 2. The molecule has 0 atom stereocenters. The summed E-state index contributed by atoms with van der Waals surface area (Å²) in [6.07, 6.45) is 1.28. The van der Waals surface area contributed by atoms with Crippen LogP contribution < -0.4 is 10.5 Å². The van der Waals surface area contributed by atoms with Crippen LogP contribution in [0, 0.1) is 0 Å². The quantitative estimate of drug-likeness (QED) is 0.852. The predicted molar refractivity (Wildman–Crippen MR) is 67.1 cm³/mol. The average molecular weight is 260 g/mol. The Kier molecular flexibility index (Phi) is 3.54. The van der Waals surface area contributed by atoms with Gasteiger partial charge in [-0.25, -0.2) is 17.8 Å². The molecule has 0 aromatic carbocycles. The first kappa shape index (κ1) is 14.0. The van der Waals surface area contributed by atoms with Gasteiger partial charge < -0.3 is 5.73 Å². The molecule has 0 bridgehead atoms. The van der Waals surface area contributed by atoms with Crippen LogP contribution in [-0.2, 0) is 10.0 Å². The van der Waals surface area contributed by atoms with Crippen LogP contribution in [0.25, 0.3) is 0 Å². The predicted octanol–water partition coefficient (Wildman–Crippen LogP) is 1.12. The molecule has 1 aromatic heterocycles. The minimum absolute atomic E-state index is 0.0218. The smallest absolute Gasteiger partial charge is 0.246 e. The molecule has 0 spiro atoms. The van der Waals surface area contributed by atoms with Gasteiger partial charge in [0.2, 0.25) is 10.0 Å². The number of nitrogens with zero attached hydrogens (tertiary/aromatic N) is 2. The van der Waals surface area contributed by atoms with Crippen LogP contribution >= 0.6 is 0 Å². The van der Waals surface area contributed by atoms with Gasteiger partial charge >= 0.3 is 0 Å². The average Bonchev–Trinajstić information content (AvgIpc) is 2.42. The minimum Gasteiger partial charge on any atom is -0.383 e. The van der Waals surface area contributed by atoms with E-state index >= 15 is 0 Å². The molecule has 98 valence electrons. The molecule has 0 amide bonds. The lowest BCUT2D eigenvalue weighted by Crippen LogP contribution is -2.40. The minimum atomic E-state index is -3.62. The molecular formula is C10H20N4O2S. The topological polar surface area (TPSA) is 90.0 Å². The van der Waals surface area contributed by atoms with Gasteiger partial charge in [0.1, 0.15) is 10.7 Å². The first-order valence-electron chi connectivity index (χ1n) is 5.41. The van der Waals surface area contributed by atoms with Gasteiger partial charge in [-0.2, -0.15) is 5.10 Å². The molecule has 1 aromatic rings. The number of nitrogens with two attached hydrogens (primary N) is 1. The largest absolute Gasteiger partial charge is 0.383 e. The molecule has 3 N–H and O–H groups in total. The van der Waals surface area contributed by atoms with Gasteiger partial charge in [-0.05, 0) is 34.6 Å². The van der Waals surface area contributed by atoms with Crippen LogP contribution in [0.4, 0.5) is 5.82 Å². The molecule has 0 aliphatic heterocycles. The fourth-order valence-corrected chi connectivity index (χ4v) is 2.90. The maximum absolute atomic E-state index is 12.1. The van der Waals surface area contributed by atoms with Crippen molar-refractivity contribution in [2.45, 2.75) is 51.1 Å². The summed E-state index contributed by atoms with van der Waals surface area (Å²) < 4.78 is 28.1. The van der Waals surface area contributed by atoms with Crippen molar-refractivity contribution >= 4 is 15.8 Å². The highest BCUT2D eigenvalue weighted by molar-refractivity contribution is 7.89. The molecule has 0 fully saturated rings. The summed E-state index contributed by atoms with van der Waals surface area (Å²) in [4.78, 5) is 0.0288. The summed E-state index contributed by atoms with van der Waals surface area (Å²) in [5.41, 5.74) is 5.24. The molecule has 7 heteroatoms. The highest BCUT2D eigenvalue weighted by Gasteiger charge is 2.26. The number of rotatable bonds is 3. The van der Waals surface area contributed by atoms with Crippen LogP contribution in [0.2, 0.25) is 0 Å². The fourth-order valence-electron chi connectivity index (χ4n) is 1.43. The van der Waals surface area contributed by atoms with Crippen LogP contribution in [0.1, 0.15) is 40.7 Å². The summed E-state index contributed by atoms with van der Waals surface area (Å²) in [7, 11) is -3.62. The summed E-state index contributed by atoms with van der Waals surface area (Å²) in [6, 6.07) is 0.0218. The van der Waals surface area contributed by atoms with Gasteiger partial charge in [0, 0.05) is 11.6 Å². The van der Waals surface area contributed by atoms with Gasteiger partial charge in [-0.15, -0.1) is 0 Å². The van der Waals surface area contributed by atoms with Crippen molar-refractivity contribution in [3.63, 3.8) is 0 Å². The Balaban J connectivity index is 3.18. The number of hydrogen-bond acceptors (Lipinski definition) is 4. The molecule has 1 rings (SSSR count). The maximum Gasteiger partial charge on any atom is 0.246 e. The van der Waals surface area contributed by atoms with Crippen molar-refractivity contribution in [2.75, 3.05) is 5.73 Å². The molecule has 0 radical (unpaired) electrons. The van der Waals surface area contributed by atoms with E-state index in [-0.39, 0.29) is 16.8 Å². The fraction of sp³-hybridized carbons (Fsp3) is 0.700. The third-order valence-electron chi connectivity index (χ3n) is 2.02. The number of hydrogen-bond donors (Lipinski definition) is 2.